The average Bonchev–Trinajstić information content (AvgIpc) is 2.83. The zero-order valence-corrected chi connectivity index (χ0v) is 8.20. The van der Waals surface area contributed by atoms with E-state index in [1.54, 1.807) is 11.8 Å². The molecule has 2 rings (SSSR count). The van der Waals surface area contributed by atoms with Gasteiger partial charge in [-0.15, -0.1) is 0 Å². The number of thioether (sulfide) groups is 1. The summed E-state index contributed by atoms with van der Waals surface area (Å²) in [6, 6.07) is 0. The van der Waals surface area contributed by atoms with E-state index in [0.29, 0.717) is 5.92 Å². The van der Waals surface area contributed by atoms with Crippen LogP contribution in [0.4, 0.5) is 0 Å². The van der Waals surface area contributed by atoms with E-state index < -0.39 is 0 Å². The van der Waals surface area contributed by atoms with Crippen molar-refractivity contribution < 1.29 is 5.11 Å². The molecule has 66 valence electrons. The van der Waals surface area contributed by atoms with E-state index in [2.05, 4.69) is 9.36 Å². The summed E-state index contributed by atoms with van der Waals surface area (Å²) in [6.07, 6.45) is 2.50. The molecule has 0 aromatic carbocycles. The maximum Gasteiger partial charge on any atom is 0.170 e. The molecule has 3 nitrogen and oxygen atoms in total. The summed E-state index contributed by atoms with van der Waals surface area (Å²) < 4.78 is 5.25. The fourth-order valence-electron chi connectivity index (χ4n) is 0.919. The molecule has 0 bridgehead atoms. The molecule has 0 amide bonds. The highest BCUT2D eigenvalue weighted by Crippen LogP contribution is 2.39. The van der Waals surface area contributed by atoms with E-state index in [0.717, 1.165) is 15.9 Å². The van der Waals surface area contributed by atoms with Crippen molar-refractivity contribution in [3.8, 4) is 0 Å². The van der Waals surface area contributed by atoms with Crippen LogP contribution >= 0.6 is 23.3 Å². The highest BCUT2D eigenvalue weighted by Gasteiger charge is 2.27. The van der Waals surface area contributed by atoms with Crippen LogP contribution in [0.15, 0.2) is 4.34 Å². The van der Waals surface area contributed by atoms with Gasteiger partial charge in [-0.2, -0.15) is 4.37 Å². The van der Waals surface area contributed by atoms with Gasteiger partial charge in [0, 0.05) is 11.7 Å². The standard InChI is InChI=1S/C7H10N2OS2/c10-3-4-11-7-8-6(9-12-7)5-1-2-5/h5,10H,1-4H2. The number of hydrogen-bond acceptors (Lipinski definition) is 5. The third-order valence-corrected chi connectivity index (χ3v) is 3.51. The zero-order chi connectivity index (χ0) is 8.39. The molecule has 5 heteroatoms. The van der Waals surface area contributed by atoms with Crippen LogP contribution in [0.25, 0.3) is 0 Å². The Bertz CT molecular complexity index is 260. The molecule has 0 spiro atoms. The van der Waals surface area contributed by atoms with Gasteiger partial charge in [0.1, 0.15) is 5.82 Å². The highest BCUT2D eigenvalue weighted by atomic mass is 32.2. The topological polar surface area (TPSA) is 46.0 Å². The van der Waals surface area contributed by atoms with Crippen molar-refractivity contribution in [1.82, 2.24) is 9.36 Å². The monoisotopic (exact) mass is 202 g/mol. The molecule has 12 heavy (non-hydrogen) atoms. The first kappa shape index (κ1) is 8.47. The van der Waals surface area contributed by atoms with Gasteiger partial charge in [0.05, 0.1) is 6.61 Å². The predicted molar refractivity (Wildman–Crippen MR) is 49.7 cm³/mol. The summed E-state index contributed by atoms with van der Waals surface area (Å²) in [4.78, 5) is 4.37. The molecule has 1 aromatic heterocycles. The number of aromatic nitrogens is 2. The quantitative estimate of drug-likeness (QED) is 0.752. The molecule has 0 aliphatic heterocycles. The van der Waals surface area contributed by atoms with Crippen molar-refractivity contribution >= 4 is 23.3 Å². The lowest BCUT2D eigenvalue weighted by Crippen LogP contribution is -1.85. The second kappa shape index (κ2) is 3.72. The summed E-state index contributed by atoms with van der Waals surface area (Å²) in [5.74, 6) is 2.38. The molecule has 0 radical (unpaired) electrons. The SMILES string of the molecule is OCCSc1nc(C2CC2)ns1. The van der Waals surface area contributed by atoms with Gasteiger partial charge in [-0.3, -0.25) is 0 Å². The first-order chi connectivity index (χ1) is 5.90. The van der Waals surface area contributed by atoms with Gasteiger partial charge in [-0.25, -0.2) is 4.98 Å². The predicted octanol–water partition coefficient (Wildman–Crippen LogP) is 1.50. The molecule has 1 aliphatic rings. The van der Waals surface area contributed by atoms with Crippen LogP contribution in [0.2, 0.25) is 0 Å². The van der Waals surface area contributed by atoms with Crippen molar-refractivity contribution in [3.05, 3.63) is 5.82 Å². The van der Waals surface area contributed by atoms with Gasteiger partial charge in [0.15, 0.2) is 4.34 Å². The average molecular weight is 202 g/mol. The van der Waals surface area contributed by atoms with Crippen LogP contribution in [0.5, 0.6) is 0 Å². The summed E-state index contributed by atoms with van der Waals surface area (Å²) >= 11 is 3.03. The minimum atomic E-state index is 0.211. The van der Waals surface area contributed by atoms with Crippen molar-refractivity contribution in [2.75, 3.05) is 12.4 Å². The van der Waals surface area contributed by atoms with Crippen LogP contribution in [0.1, 0.15) is 24.6 Å². The molecule has 1 heterocycles. The van der Waals surface area contributed by atoms with Crippen LogP contribution in [-0.2, 0) is 0 Å². The van der Waals surface area contributed by atoms with Crippen LogP contribution < -0.4 is 0 Å². The zero-order valence-electron chi connectivity index (χ0n) is 6.56. The molecule has 0 atom stereocenters. The molecule has 0 saturated heterocycles. The largest absolute Gasteiger partial charge is 0.396 e. The van der Waals surface area contributed by atoms with Gasteiger partial charge in [-0.05, 0) is 24.4 Å². The molecular formula is C7H10N2OS2. The Labute approximate surface area is 79.4 Å². The van der Waals surface area contributed by atoms with Gasteiger partial charge in [0.2, 0.25) is 0 Å². The van der Waals surface area contributed by atoms with Crippen molar-refractivity contribution in [3.63, 3.8) is 0 Å². The maximum absolute atomic E-state index is 8.59. The minimum Gasteiger partial charge on any atom is -0.396 e. The number of hydrogen-bond donors (Lipinski definition) is 1. The fourth-order valence-corrected chi connectivity index (χ4v) is 2.41. The summed E-state index contributed by atoms with van der Waals surface area (Å²) in [5.41, 5.74) is 0. The van der Waals surface area contributed by atoms with Crippen LogP contribution in [0.3, 0.4) is 0 Å². The lowest BCUT2D eigenvalue weighted by Gasteiger charge is -1.89. The Morgan fingerprint density at radius 1 is 1.58 bits per heavy atom. The number of aliphatic hydroxyl groups is 1. The Morgan fingerprint density at radius 2 is 2.42 bits per heavy atom. The smallest absolute Gasteiger partial charge is 0.170 e. The van der Waals surface area contributed by atoms with E-state index in [-0.39, 0.29) is 6.61 Å². The van der Waals surface area contributed by atoms with E-state index in [4.69, 9.17) is 5.11 Å². The number of rotatable bonds is 4. The molecule has 1 N–H and O–H groups in total. The fraction of sp³-hybridized carbons (Fsp3) is 0.714. The molecule has 1 aliphatic carbocycles. The van der Waals surface area contributed by atoms with Crippen molar-refractivity contribution in [2.24, 2.45) is 0 Å². The maximum atomic E-state index is 8.59. The Hall–Kier alpha value is -0.130. The minimum absolute atomic E-state index is 0.211. The molecular weight excluding hydrogens is 192 g/mol. The van der Waals surface area contributed by atoms with Crippen molar-refractivity contribution in [2.45, 2.75) is 23.1 Å². The summed E-state index contributed by atoms with van der Waals surface area (Å²) in [5, 5.41) is 8.59. The van der Waals surface area contributed by atoms with Gasteiger partial charge in [0.25, 0.3) is 0 Å². The van der Waals surface area contributed by atoms with Gasteiger partial charge < -0.3 is 5.11 Å². The third-order valence-electron chi connectivity index (χ3n) is 1.68. The van der Waals surface area contributed by atoms with E-state index >= 15 is 0 Å². The lowest BCUT2D eigenvalue weighted by atomic mass is 10.4. The Morgan fingerprint density at radius 3 is 3.08 bits per heavy atom. The molecule has 1 saturated carbocycles. The van der Waals surface area contributed by atoms with Gasteiger partial charge >= 0.3 is 0 Å². The summed E-state index contributed by atoms with van der Waals surface area (Å²) in [6.45, 7) is 0.211. The normalized spacial score (nSPS) is 16.8. The highest BCUT2D eigenvalue weighted by molar-refractivity contribution is 8.00. The number of aliphatic hydroxyl groups excluding tert-OH is 1. The number of nitrogens with zero attached hydrogens (tertiary/aromatic N) is 2. The molecule has 1 aromatic rings. The van der Waals surface area contributed by atoms with E-state index in [9.17, 15) is 0 Å². The van der Waals surface area contributed by atoms with E-state index in [1.165, 1.54) is 24.4 Å². The first-order valence-corrected chi connectivity index (χ1v) is 5.73. The van der Waals surface area contributed by atoms with Gasteiger partial charge in [-0.1, -0.05) is 11.8 Å². The van der Waals surface area contributed by atoms with Crippen molar-refractivity contribution in [1.29, 1.82) is 0 Å². The first-order valence-electron chi connectivity index (χ1n) is 3.97. The summed E-state index contributed by atoms with van der Waals surface area (Å²) in [7, 11) is 0. The second-order valence-corrected chi connectivity index (χ2v) is 4.86. The van der Waals surface area contributed by atoms with Crippen LogP contribution in [-0.4, -0.2) is 26.8 Å². The lowest BCUT2D eigenvalue weighted by molar-refractivity contribution is 0.322. The Kier molecular flexibility index (Phi) is 2.63. The molecule has 1 fully saturated rings. The van der Waals surface area contributed by atoms with Crippen LogP contribution in [0, 0.1) is 0 Å². The van der Waals surface area contributed by atoms with E-state index in [1.807, 2.05) is 0 Å². The molecule has 0 unspecified atom stereocenters. The Balaban J connectivity index is 1.93. The second-order valence-electron chi connectivity index (χ2n) is 2.76. The third kappa shape index (κ3) is 1.97.